The molecule has 232 valence electrons. The molecule has 7 rings (SSSR count). The Balaban J connectivity index is 1.18. The van der Waals surface area contributed by atoms with Crippen LogP contribution >= 0.6 is 0 Å². The van der Waals surface area contributed by atoms with E-state index in [9.17, 15) is 24.6 Å². The molecule has 3 heterocycles. The molecule has 0 bridgehead atoms. The molecular formula is C38H35N3O5. The van der Waals surface area contributed by atoms with Crippen LogP contribution in [0.15, 0.2) is 104 Å². The van der Waals surface area contributed by atoms with Crippen molar-refractivity contribution in [2.75, 3.05) is 23.0 Å². The van der Waals surface area contributed by atoms with E-state index in [-0.39, 0.29) is 37.4 Å². The van der Waals surface area contributed by atoms with Crippen LogP contribution in [-0.2, 0) is 28.2 Å². The van der Waals surface area contributed by atoms with Gasteiger partial charge in [0.15, 0.2) is 5.60 Å². The van der Waals surface area contributed by atoms with Crippen LogP contribution in [-0.4, -0.2) is 52.0 Å². The summed E-state index contributed by atoms with van der Waals surface area (Å²) >= 11 is 0. The number of nitrogens with zero attached hydrogens (tertiary/aromatic N) is 3. The lowest BCUT2D eigenvalue weighted by Gasteiger charge is -2.36. The Hall–Kier alpha value is -5.05. The van der Waals surface area contributed by atoms with Crippen molar-refractivity contribution in [2.24, 2.45) is 5.92 Å². The van der Waals surface area contributed by atoms with Gasteiger partial charge in [0, 0.05) is 42.1 Å². The van der Waals surface area contributed by atoms with Gasteiger partial charge in [-0.05, 0) is 53.3 Å². The minimum atomic E-state index is -1.94. The molecule has 0 aliphatic carbocycles. The Morgan fingerprint density at radius 1 is 1.02 bits per heavy atom. The minimum Gasteiger partial charge on any atom is -0.394 e. The Labute approximate surface area is 267 Å². The molecule has 4 aromatic rings. The maximum atomic E-state index is 13.9. The van der Waals surface area contributed by atoms with Gasteiger partial charge in [0.2, 0.25) is 5.91 Å². The third kappa shape index (κ3) is 4.48. The van der Waals surface area contributed by atoms with Crippen molar-refractivity contribution >= 4 is 45.6 Å². The molecule has 8 heteroatoms. The number of aliphatic hydroxyl groups excluding tert-OH is 1. The van der Waals surface area contributed by atoms with Gasteiger partial charge in [0.25, 0.3) is 11.8 Å². The number of amides is 3. The topological polar surface area (TPSA) is 101 Å². The van der Waals surface area contributed by atoms with E-state index in [1.807, 2.05) is 60.7 Å². The predicted octanol–water partition coefficient (Wildman–Crippen LogP) is 5.38. The van der Waals surface area contributed by atoms with Crippen LogP contribution in [0.3, 0.4) is 0 Å². The molecule has 3 amide bonds. The zero-order chi connectivity index (χ0) is 32.2. The Morgan fingerprint density at radius 3 is 2.54 bits per heavy atom. The highest BCUT2D eigenvalue weighted by atomic mass is 16.3. The Morgan fingerprint density at radius 2 is 1.78 bits per heavy atom. The third-order valence-electron chi connectivity index (χ3n) is 9.64. The zero-order valence-electron chi connectivity index (χ0n) is 25.6. The molecule has 3 aliphatic heterocycles. The van der Waals surface area contributed by atoms with Gasteiger partial charge in [-0.1, -0.05) is 73.7 Å². The molecule has 0 radical (unpaired) electrons. The lowest BCUT2D eigenvalue weighted by atomic mass is 9.82. The monoisotopic (exact) mass is 613 g/mol. The third-order valence-corrected chi connectivity index (χ3v) is 9.64. The molecule has 2 N–H and O–H groups in total. The van der Waals surface area contributed by atoms with Gasteiger partial charge >= 0.3 is 0 Å². The quantitative estimate of drug-likeness (QED) is 0.260. The number of anilines is 3. The summed E-state index contributed by atoms with van der Waals surface area (Å²) in [5.74, 6) is -1.51. The summed E-state index contributed by atoms with van der Waals surface area (Å²) in [6.07, 6.45) is 5.64. The number of hydrogen-bond acceptors (Lipinski definition) is 5. The maximum Gasteiger partial charge on any atom is 0.264 e. The number of fused-ring (bicyclic) bond motifs is 2. The summed E-state index contributed by atoms with van der Waals surface area (Å²) in [7, 11) is 0. The van der Waals surface area contributed by atoms with Crippen LogP contribution in [0.2, 0.25) is 0 Å². The largest absolute Gasteiger partial charge is 0.394 e. The van der Waals surface area contributed by atoms with Crippen molar-refractivity contribution in [3.8, 4) is 0 Å². The first-order chi connectivity index (χ1) is 22.3. The lowest BCUT2D eigenvalue weighted by molar-refractivity contribution is -0.139. The molecule has 0 unspecified atom stereocenters. The zero-order valence-corrected chi connectivity index (χ0v) is 25.6. The normalized spacial score (nSPS) is 20.8. The number of carbonyl (C=O) groups is 3. The van der Waals surface area contributed by atoms with Gasteiger partial charge in [0.1, 0.15) is 0 Å². The number of hydrogen-bond donors (Lipinski definition) is 2. The van der Waals surface area contributed by atoms with Crippen molar-refractivity contribution in [1.82, 2.24) is 4.90 Å². The summed E-state index contributed by atoms with van der Waals surface area (Å²) in [6.45, 7) is 6.04. The molecule has 4 aromatic carbocycles. The standard InChI is InChI=1S/C38H35N3O5/c1-3-19-39-32-18-17-28(41-33-15-8-13-25-12-7-14-30(35(25)33)36(41)44)21-31(32)38(46,37(39)45)24(2)9-6-16-34(43)40-22-27-11-5-4-10-26(27)20-29(40)23-42/h3-15,17-18,21,24,29,42,46H,1,16,19-20,22-23H2,2H3/b9-6+/t24-,29+,38+/m1/s1. The van der Waals surface area contributed by atoms with Crippen molar-refractivity contribution < 1.29 is 24.6 Å². The smallest absolute Gasteiger partial charge is 0.264 e. The molecule has 8 nitrogen and oxygen atoms in total. The van der Waals surface area contributed by atoms with E-state index < -0.39 is 17.4 Å². The van der Waals surface area contributed by atoms with Gasteiger partial charge in [-0.3, -0.25) is 19.3 Å². The number of carbonyl (C=O) groups excluding carboxylic acids is 3. The summed E-state index contributed by atoms with van der Waals surface area (Å²) in [6, 6.07) is 24.3. The second-order valence-corrected chi connectivity index (χ2v) is 12.2. The van der Waals surface area contributed by atoms with Crippen LogP contribution in [0.25, 0.3) is 10.8 Å². The number of aliphatic hydroxyl groups is 2. The van der Waals surface area contributed by atoms with E-state index in [0.29, 0.717) is 35.5 Å². The summed E-state index contributed by atoms with van der Waals surface area (Å²) < 4.78 is 0. The molecule has 3 atom stereocenters. The van der Waals surface area contributed by atoms with Gasteiger partial charge in [-0.25, -0.2) is 0 Å². The second-order valence-electron chi connectivity index (χ2n) is 12.2. The van der Waals surface area contributed by atoms with E-state index in [4.69, 9.17) is 0 Å². The number of rotatable bonds is 8. The van der Waals surface area contributed by atoms with Crippen molar-refractivity contribution in [1.29, 1.82) is 0 Å². The van der Waals surface area contributed by atoms with Crippen LogP contribution in [0, 0.1) is 5.92 Å². The van der Waals surface area contributed by atoms with Gasteiger partial charge in [0.05, 0.1) is 29.6 Å². The molecule has 0 saturated heterocycles. The summed E-state index contributed by atoms with van der Waals surface area (Å²) in [5.41, 5.74) is 3.11. The Bertz CT molecular complexity index is 1940. The summed E-state index contributed by atoms with van der Waals surface area (Å²) in [5, 5.41) is 24.1. The highest BCUT2D eigenvalue weighted by Crippen LogP contribution is 2.49. The first kappa shape index (κ1) is 29.6. The molecule has 3 aliphatic rings. The van der Waals surface area contributed by atoms with Gasteiger partial charge in [-0.15, -0.1) is 6.58 Å². The highest BCUT2D eigenvalue weighted by Gasteiger charge is 2.52. The average Bonchev–Trinajstić information content (AvgIpc) is 3.48. The van der Waals surface area contributed by atoms with Crippen molar-refractivity contribution in [2.45, 2.75) is 38.0 Å². The lowest BCUT2D eigenvalue weighted by Crippen LogP contribution is -2.46. The second kappa shape index (κ2) is 11.4. The highest BCUT2D eigenvalue weighted by molar-refractivity contribution is 6.28. The van der Waals surface area contributed by atoms with Crippen LogP contribution in [0.1, 0.15) is 40.4 Å². The van der Waals surface area contributed by atoms with E-state index in [1.165, 1.54) is 4.90 Å². The van der Waals surface area contributed by atoms with Gasteiger partial charge < -0.3 is 20.0 Å². The minimum absolute atomic E-state index is 0.0566. The molecule has 0 saturated carbocycles. The van der Waals surface area contributed by atoms with E-state index >= 15 is 0 Å². The van der Waals surface area contributed by atoms with Gasteiger partial charge in [-0.2, -0.15) is 0 Å². The molecule has 0 aromatic heterocycles. The first-order valence-corrected chi connectivity index (χ1v) is 15.6. The molecule has 0 fully saturated rings. The van der Waals surface area contributed by atoms with Crippen LogP contribution < -0.4 is 9.80 Å². The average molecular weight is 614 g/mol. The Kier molecular flexibility index (Phi) is 7.34. The van der Waals surface area contributed by atoms with Crippen molar-refractivity contribution in [3.63, 3.8) is 0 Å². The first-order valence-electron chi connectivity index (χ1n) is 15.6. The fourth-order valence-electron chi connectivity index (χ4n) is 7.23. The van der Waals surface area contributed by atoms with E-state index in [1.54, 1.807) is 53.2 Å². The van der Waals surface area contributed by atoms with Crippen LogP contribution in [0.5, 0.6) is 0 Å². The summed E-state index contributed by atoms with van der Waals surface area (Å²) in [4.78, 5) is 45.7. The van der Waals surface area contributed by atoms with Crippen LogP contribution in [0.4, 0.5) is 17.1 Å². The fourth-order valence-corrected chi connectivity index (χ4v) is 7.23. The van der Waals surface area contributed by atoms with E-state index in [0.717, 1.165) is 27.6 Å². The maximum absolute atomic E-state index is 13.9. The predicted molar refractivity (Wildman–Crippen MR) is 178 cm³/mol. The molecule has 0 spiro atoms. The van der Waals surface area contributed by atoms with Crippen molar-refractivity contribution in [3.05, 3.63) is 126 Å². The molecule has 46 heavy (non-hydrogen) atoms. The molecular weight excluding hydrogens is 578 g/mol. The fraction of sp³-hybridized carbons (Fsp3) is 0.237. The number of benzene rings is 4. The van der Waals surface area contributed by atoms with E-state index in [2.05, 4.69) is 6.58 Å². The SMILES string of the molecule is C=CCN1C(=O)[C@](O)([C@H](C)/C=C/CC(=O)N2Cc3ccccc3C[C@H]2CO)c2cc(N3C(=O)c4cccc5cccc3c45)ccc21.